The van der Waals surface area contributed by atoms with Crippen molar-refractivity contribution in [3.05, 3.63) is 11.3 Å². The van der Waals surface area contributed by atoms with Gasteiger partial charge in [0.2, 0.25) is 0 Å². The van der Waals surface area contributed by atoms with Gasteiger partial charge in [-0.05, 0) is 18.8 Å². The second-order valence-electron chi connectivity index (χ2n) is 5.54. The Kier molecular flexibility index (Phi) is 3.78. The molecule has 0 amide bonds. The van der Waals surface area contributed by atoms with Crippen LogP contribution in [0.25, 0.3) is 0 Å². The lowest BCUT2D eigenvalue weighted by Crippen LogP contribution is -2.32. The Morgan fingerprint density at radius 2 is 1.89 bits per heavy atom. The molecule has 0 radical (unpaired) electrons. The van der Waals surface area contributed by atoms with Crippen LogP contribution < -0.4 is 5.73 Å². The van der Waals surface area contributed by atoms with Gasteiger partial charge in [-0.1, -0.05) is 31.8 Å². The number of nitrogen functional groups attached to an aromatic ring is 1. The van der Waals surface area contributed by atoms with Gasteiger partial charge in [0.1, 0.15) is 5.76 Å². The van der Waals surface area contributed by atoms with E-state index < -0.39 is 18.0 Å². The van der Waals surface area contributed by atoms with Gasteiger partial charge in [-0.3, -0.25) is 0 Å². The first-order valence-electron chi connectivity index (χ1n) is 6.64. The van der Waals surface area contributed by atoms with Crippen LogP contribution in [-0.4, -0.2) is 11.3 Å². The number of halogens is 3. The van der Waals surface area contributed by atoms with Crippen molar-refractivity contribution < 1.29 is 17.7 Å². The SMILES string of the molecule is CC(C)c1c(N)noc1C1CCCCC1C(F)(F)F. The number of hydrogen-bond acceptors (Lipinski definition) is 3. The van der Waals surface area contributed by atoms with Crippen molar-refractivity contribution in [1.82, 2.24) is 5.16 Å². The summed E-state index contributed by atoms with van der Waals surface area (Å²) < 4.78 is 44.5. The molecule has 1 saturated carbocycles. The molecule has 0 aromatic carbocycles. The molecule has 0 spiro atoms. The number of rotatable bonds is 2. The predicted molar refractivity (Wildman–Crippen MR) is 65.8 cm³/mol. The number of anilines is 1. The van der Waals surface area contributed by atoms with Crippen molar-refractivity contribution in [2.24, 2.45) is 5.92 Å². The third kappa shape index (κ3) is 2.72. The van der Waals surface area contributed by atoms with Gasteiger partial charge in [0, 0.05) is 11.5 Å². The highest BCUT2D eigenvalue weighted by molar-refractivity contribution is 5.44. The van der Waals surface area contributed by atoms with Gasteiger partial charge < -0.3 is 10.3 Å². The molecule has 2 unspecified atom stereocenters. The van der Waals surface area contributed by atoms with Crippen LogP contribution in [0.5, 0.6) is 0 Å². The minimum absolute atomic E-state index is 0.0112. The van der Waals surface area contributed by atoms with Gasteiger partial charge in [-0.25, -0.2) is 0 Å². The van der Waals surface area contributed by atoms with Gasteiger partial charge in [-0.2, -0.15) is 13.2 Å². The van der Waals surface area contributed by atoms with Crippen molar-refractivity contribution in [3.63, 3.8) is 0 Å². The van der Waals surface area contributed by atoms with Crippen LogP contribution in [-0.2, 0) is 0 Å². The highest BCUT2D eigenvalue weighted by Crippen LogP contribution is 2.48. The van der Waals surface area contributed by atoms with E-state index in [-0.39, 0.29) is 18.2 Å². The molecule has 0 saturated heterocycles. The summed E-state index contributed by atoms with van der Waals surface area (Å²) in [5.41, 5.74) is 6.36. The van der Waals surface area contributed by atoms with Gasteiger partial charge in [0.25, 0.3) is 0 Å². The number of alkyl halides is 3. The number of nitrogens with two attached hydrogens (primary N) is 1. The summed E-state index contributed by atoms with van der Waals surface area (Å²) in [5.74, 6) is -1.41. The van der Waals surface area contributed by atoms with Gasteiger partial charge in [0.05, 0.1) is 5.92 Å². The molecule has 2 N–H and O–H groups in total. The summed E-state index contributed by atoms with van der Waals surface area (Å²) in [7, 11) is 0. The van der Waals surface area contributed by atoms with Crippen LogP contribution in [0, 0.1) is 5.92 Å². The van der Waals surface area contributed by atoms with E-state index in [1.807, 2.05) is 13.8 Å². The van der Waals surface area contributed by atoms with E-state index in [9.17, 15) is 13.2 Å². The smallest absolute Gasteiger partial charge is 0.381 e. The molecule has 108 valence electrons. The standard InChI is InChI=1S/C13H19F3N2O/c1-7(2)10-11(19-18-12(10)17)8-5-3-4-6-9(8)13(14,15)16/h7-9H,3-6H2,1-2H3,(H2,17,18). The topological polar surface area (TPSA) is 52.0 Å². The first-order chi connectivity index (χ1) is 8.82. The minimum atomic E-state index is -4.19. The Bertz CT molecular complexity index is 440. The van der Waals surface area contributed by atoms with Crippen molar-refractivity contribution in [1.29, 1.82) is 0 Å². The third-order valence-electron chi connectivity index (χ3n) is 3.88. The summed E-state index contributed by atoms with van der Waals surface area (Å²) in [6, 6.07) is 0. The molecule has 0 aliphatic heterocycles. The van der Waals surface area contributed by atoms with E-state index in [0.29, 0.717) is 24.2 Å². The lowest BCUT2D eigenvalue weighted by molar-refractivity contribution is -0.188. The van der Waals surface area contributed by atoms with E-state index in [0.717, 1.165) is 6.42 Å². The fraction of sp³-hybridized carbons (Fsp3) is 0.769. The molecule has 1 heterocycles. The molecule has 1 fully saturated rings. The van der Waals surface area contributed by atoms with Crippen LogP contribution in [0.2, 0.25) is 0 Å². The second kappa shape index (κ2) is 5.06. The molecule has 0 bridgehead atoms. The molecular weight excluding hydrogens is 257 g/mol. The van der Waals surface area contributed by atoms with E-state index >= 15 is 0 Å². The molecule has 2 atom stereocenters. The summed E-state index contributed by atoms with van der Waals surface area (Å²) in [6.07, 6.45) is -2.15. The Balaban J connectivity index is 2.38. The highest BCUT2D eigenvalue weighted by atomic mass is 19.4. The summed E-state index contributed by atoms with van der Waals surface area (Å²) in [5, 5.41) is 3.66. The Labute approximate surface area is 110 Å². The van der Waals surface area contributed by atoms with Crippen molar-refractivity contribution in [2.45, 2.75) is 57.5 Å². The quantitative estimate of drug-likeness (QED) is 0.880. The van der Waals surface area contributed by atoms with E-state index in [4.69, 9.17) is 10.3 Å². The monoisotopic (exact) mass is 276 g/mol. The molecule has 1 aliphatic rings. The van der Waals surface area contributed by atoms with E-state index in [1.165, 1.54) is 0 Å². The van der Waals surface area contributed by atoms with Crippen LogP contribution in [0.1, 0.15) is 62.7 Å². The summed E-state index contributed by atoms with van der Waals surface area (Å²) in [6.45, 7) is 3.77. The molecule has 1 aromatic rings. The zero-order valence-electron chi connectivity index (χ0n) is 11.1. The Hall–Kier alpha value is -1.20. The van der Waals surface area contributed by atoms with Crippen molar-refractivity contribution in [3.8, 4) is 0 Å². The first-order valence-corrected chi connectivity index (χ1v) is 6.64. The first kappa shape index (κ1) is 14.2. The minimum Gasteiger partial charge on any atom is -0.381 e. The molecule has 6 heteroatoms. The summed E-state index contributed by atoms with van der Waals surface area (Å²) >= 11 is 0. The van der Waals surface area contributed by atoms with E-state index in [1.54, 1.807) is 0 Å². The normalized spacial score (nSPS) is 24.9. The number of aromatic nitrogens is 1. The lowest BCUT2D eigenvalue weighted by Gasteiger charge is -2.32. The van der Waals surface area contributed by atoms with Gasteiger partial charge in [-0.15, -0.1) is 0 Å². The van der Waals surface area contributed by atoms with Gasteiger partial charge >= 0.3 is 6.18 Å². The fourth-order valence-corrected chi connectivity index (χ4v) is 3.01. The molecule has 19 heavy (non-hydrogen) atoms. The maximum atomic E-state index is 13.1. The summed E-state index contributed by atoms with van der Waals surface area (Å²) in [4.78, 5) is 0. The van der Waals surface area contributed by atoms with Gasteiger partial charge in [0.15, 0.2) is 5.82 Å². The average Bonchev–Trinajstić information content (AvgIpc) is 2.70. The molecule has 2 rings (SSSR count). The third-order valence-corrected chi connectivity index (χ3v) is 3.88. The van der Waals surface area contributed by atoms with Crippen LogP contribution >= 0.6 is 0 Å². The van der Waals surface area contributed by atoms with Crippen LogP contribution in [0.15, 0.2) is 4.52 Å². The second-order valence-corrected chi connectivity index (χ2v) is 5.54. The largest absolute Gasteiger partial charge is 0.392 e. The van der Waals surface area contributed by atoms with E-state index in [2.05, 4.69) is 5.16 Å². The van der Waals surface area contributed by atoms with Crippen molar-refractivity contribution >= 4 is 5.82 Å². The molecular formula is C13H19F3N2O. The van der Waals surface area contributed by atoms with Crippen LogP contribution in [0.3, 0.4) is 0 Å². The zero-order chi connectivity index (χ0) is 14.2. The molecule has 1 aromatic heterocycles. The number of hydrogen-bond donors (Lipinski definition) is 1. The maximum absolute atomic E-state index is 13.1. The lowest BCUT2D eigenvalue weighted by atomic mass is 9.75. The van der Waals surface area contributed by atoms with Crippen LogP contribution in [0.4, 0.5) is 19.0 Å². The molecule has 3 nitrogen and oxygen atoms in total. The number of nitrogens with zero attached hydrogens (tertiary/aromatic N) is 1. The Morgan fingerprint density at radius 3 is 2.47 bits per heavy atom. The average molecular weight is 276 g/mol. The maximum Gasteiger partial charge on any atom is 0.392 e. The zero-order valence-corrected chi connectivity index (χ0v) is 11.1. The predicted octanol–water partition coefficient (Wildman–Crippen LogP) is 4.22. The highest BCUT2D eigenvalue weighted by Gasteiger charge is 2.48. The molecule has 1 aliphatic carbocycles. The fourth-order valence-electron chi connectivity index (χ4n) is 3.01. The Morgan fingerprint density at radius 1 is 1.26 bits per heavy atom. The van der Waals surface area contributed by atoms with Crippen molar-refractivity contribution in [2.75, 3.05) is 5.73 Å².